The molecule has 2 aliphatic heterocycles. The molecule has 0 unspecified atom stereocenters. The van der Waals surface area contributed by atoms with E-state index in [1.807, 2.05) is 20.8 Å². The molecule has 3 heterocycles. The number of anilines is 2. The van der Waals surface area contributed by atoms with Crippen molar-refractivity contribution in [3.8, 4) is 0 Å². The first-order valence-electron chi connectivity index (χ1n) is 11.3. The van der Waals surface area contributed by atoms with Crippen molar-refractivity contribution >= 4 is 23.8 Å². The van der Waals surface area contributed by atoms with Crippen molar-refractivity contribution < 1.29 is 14.3 Å². The van der Waals surface area contributed by atoms with Crippen LogP contribution < -0.4 is 15.5 Å². The Balaban J connectivity index is 1.44. The zero-order valence-electron chi connectivity index (χ0n) is 19.1. The minimum atomic E-state index is -0.476. The molecular formula is C22H34N6O3. The summed E-state index contributed by atoms with van der Waals surface area (Å²) in [6.07, 6.45) is 4.92. The lowest BCUT2D eigenvalue weighted by Gasteiger charge is -2.47. The Hall–Kier alpha value is -2.58. The molecule has 2 N–H and O–H groups in total. The number of nitrogens with zero attached hydrogens (tertiary/aromatic N) is 4. The van der Waals surface area contributed by atoms with E-state index in [0.717, 1.165) is 68.2 Å². The van der Waals surface area contributed by atoms with Crippen molar-refractivity contribution in [2.45, 2.75) is 58.5 Å². The Labute approximate surface area is 183 Å². The first-order chi connectivity index (χ1) is 14.7. The summed E-state index contributed by atoms with van der Waals surface area (Å²) in [7, 11) is 1.63. The monoisotopic (exact) mass is 430 g/mol. The quantitative estimate of drug-likeness (QED) is 0.753. The summed E-state index contributed by atoms with van der Waals surface area (Å²) in [5, 5.41) is 5.86. The topological polar surface area (TPSA) is 99.7 Å². The number of aryl methyl sites for hydroxylation is 1. The number of likely N-dealkylation sites (tertiary alicyclic amines) is 1. The Morgan fingerprint density at radius 3 is 2.58 bits per heavy atom. The van der Waals surface area contributed by atoms with E-state index in [1.165, 1.54) is 0 Å². The van der Waals surface area contributed by atoms with Crippen molar-refractivity contribution in [2.75, 3.05) is 50.0 Å². The van der Waals surface area contributed by atoms with Crippen LogP contribution in [-0.4, -0.2) is 72.2 Å². The van der Waals surface area contributed by atoms with Crippen LogP contribution in [-0.2, 0) is 22.4 Å². The molecule has 0 bridgehead atoms. The van der Waals surface area contributed by atoms with Gasteiger partial charge in [0, 0.05) is 44.2 Å². The first kappa shape index (κ1) is 21.6. The molecule has 1 aliphatic carbocycles. The zero-order valence-corrected chi connectivity index (χ0v) is 19.1. The van der Waals surface area contributed by atoms with Gasteiger partial charge in [0.2, 0.25) is 11.9 Å². The third-order valence-corrected chi connectivity index (χ3v) is 6.29. The summed E-state index contributed by atoms with van der Waals surface area (Å²) >= 11 is 0. The molecule has 2 amide bonds. The fraction of sp³-hybridized carbons (Fsp3) is 0.727. The minimum absolute atomic E-state index is 0.0680. The molecule has 4 rings (SSSR count). The molecule has 1 spiro atoms. The molecule has 3 aliphatic rings. The molecular weight excluding hydrogens is 396 g/mol. The maximum atomic E-state index is 12.3. The predicted octanol–water partition coefficient (Wildman–Crippen LogP) is 1.96. The molecule has 1 aromatic rings. The van der Waals surface area contributed by atoms with Gasteiger partial charge in [-0.25, -0.2) is 9.78 Å². The Morgan fingerprint density at radius 1 is 1.13 bits per heavy atom. The average Bonchev–Trinajstić information content (AvgIpc) is 3.15. The molecule has 0 saturated carbocycles. The van der Waals surface area contributed by atoms with Gasteiger partial charge in [-0.1, -0.05) is 0 Å². The second-order valence-electron chi connectivity index (χ2n) is 10.0. The van der Waals surface area contributed by atoms with E-state index in [9.17, 15) is 9.59 Å². The highest BCUT2D eigenvalue weighted by Gasteiger charge is 2.50. The number of nitrogens with one attached hydrogen (secondary N) is 2. The van der Waals surface area contributed by atoms with Gasteiger partial charge >= 0.3 is 6.09 Å². The number of rotatable bonds is 4. The zero-order chi connectivity index (χ0) is 22.2. The summed E-state index contributed by atoms with van der Waals surface area (Å²) in [5.41, 5.74) is 1.86. The Bertz CT molecular complexity index is 860. The van der Waals surface area contributed by atoms with Crippen LogP contribution in [0.4, 0.5) is 16.6 Å². The normalized spacial score (nSPS) is 19.6. The molecule has 170 valence electrons. The highest BCUT2D eigenvalue weighted by molar-refractivity contribution is 5.80. The number of carbonyl (C=O) groups is 2. The van der Waals surface area contributed by atoms with Crippen LogP contribution in [0.25, 0.3) is 0 Å². The van der Waals surface area contributed by atoms with E-state index >= 15 is 0 Å². The number of hydrogen-bond donors (Lipinski definition) is 2. The lowest BCUT2D eigenvalue weighted by Crippen LogP contribution is -2.60. The molecule has 0 atom stereocenters. The van der Waals surface area contributed by atoms with Gasteiger partial charge in [0.05, 0.1) is 12.2 Å². The molecule has 31 heavy (non-hydrogen) atoms. The van der Waals surface area contributed by atoms with E-state index in [-0.39, 0.29) is 24.0 Å². The van der Waals surface area contributed by atoms with Crippen LogP contribution in [0.5, 0.6) is 0 Å². The third-order valence-electron chi connectivity index (χ3n) is 6.29. The van der Waals surface area contributed by atoms with Crippen molar-refractivity contribution in [3.63, 3.8) is 0 Å². The number of fused-ring (bicyclic) bond motifs is 1. The summed E-state index contributed by atoms with van der Waals surface area (Å²) in [6, 6.07) is 0. The molecule has 9 heteroatoms. The van der Waals surface area contributed by atoms with Crippen molar-refractivity contribution in [2.24, 2.45) is 5.41 Å². The minimum Gasteiger partial charge on any atom is -0.444 e. The van der Waals surface area contributed by atoms with Crippen LogP contribution in [0.15, 0.2) is 0 Å². The number of carbonyl (C=O) groups excluding carboxylic acids is 2. The van der Waals surface area contributed by atoms with Crippen LogP contribution in [0.3, 0.4) is 0 Å². The summed E-state index contributed by atoms with van der Waals surface area (Å²) < 4.78 is 5.50. The first-order valence-corrected chi connectivity index (χ1v) is 11.3. The lowest BCUT2D eigenvalue weighted by molar-refractivity contribution is -0.118. The van der Waals surface area contributed by atoms with Crippen LogP contribution in [0.2, 0.25) is 0 Å². The predicted molar refractivity (Wildman–Crippen MR) is 118 cm³/mol. The number of hydrogen-bond acceptors (Lipinski definition) is 7. The number of aromatic nitrogens is 2. The van der Waals surface area contributed by atoms with E-state index in [1.54, 1.807) is 11.9 Å². The third kappa shape index (κ3) is 4.70. The van der Waals surface area contributed by atoms with Crippen molar-refractivity contribution in [1.29, 1.82) is 0 Å². The SMILES string of the molecule is CNC(=O)CNc1nc(N2CCC3(CN(C(=O)OC(C)(C)C)C3)C2)nc2c1CCCC2. The lowest BCUT2D eigenvalue weighted by atomic mass is 9.79. The molecule has 1 aromatic heterocycles. The highest BCUT2D eigenvalue weighted by atomic mass is 16.6. The Morgan fingerprint density at radius 2 is 1.87 bits per heavy atom. The second kappa shape index (κ2) is 8.16. The van der Waals surface area contributed by atoms with Gasteiger partial charge in [0.1, 0.15) is 11.4 Å². The average molecular weight is 431 g/mol. The summed E-state index contributed by atoms with van der Waals surface area (Å²) in [6.45, 7) is 9.00. The van der Waals surface area contributed by atoms with E-state index in [4.69, 9.17) is 14.7 Å². The maximum Gasteiger partial charge on any atom is 0.410 e. The highest BCUT2D eigenvalue weighted by Crippen LogP contribution is 2.41. The number of likely N-dealkylation sites (N-methyl/N-ethyl adjacent to an activating group) is 1. The van der Waals surface area contributed by atoms with Crippen molar-refractivity contribution in [3.05, 3.63) is 11.3 Å². The summed E-state index contributed by atoms with van der Waals surface area (Å²) in [4.78, 5) is 37.8. The second-order valence-corrected chi connectivity index (χ2v) is 10.0. The van der Waals surface area contributed by atoms with Crippen LogP contribution in [0, 0.1) is 5.41 Å². The van der Waals surface area contributed by atoms with Crippen LogP contribution >= 0.6 is 0 Å². The molecule has 0 radical (unpaired) electrons. The fourth-order valence-electron chi connectivity index (χ4n) is 4.70. The van der Waals surface area contributed by atoms with Crippen molar-refractivity contribution in [1.82, 2.24) is 20.2 Å². The standard InChI is InChI=1S/C22H34N6O3/c1-21(2,3)31-20(30)28-13-22(14-28)9-10-27(12-22)19-25-16-8-6-5-7-15(16)18(26-19)24-11-17(29)23-4/h5-14H2,1-4H3,(H,23,29)(H,24,25,26). The van der Waals surface area contributed by atoms with E-state index in [2.05, 4.69) is 15.5 Å². The fourth-order valence-corrected chi connectivity index (χ4v) is 4.70. The van der Waals surface area contributed by atoms with Gasteiger partial charge in [-0.3, -0.25) is 4.79 Å². The molecule has 2 fully saturated rings. The largest absolute Gasteiger partial charge is 0.444 e. The summed E-state index contributed by atoms with van der Waals surface area (Å²) in [5.74, 6) is 1.45. The van der Waals surface area contributed by atoms with Gasteiger partial charge in [-0.05, 0) is 52.9 Å². The molecule has 0 aromatic carbocycles. The van der Waals surface area contributed by atoms with Gasteiger partial charge in [0.15, 0.2) is 0 Å². The molecule has 2 saturated heterocycles. The van der Waals surface area contributed by atoms with Gasteiger partial charge < -0.3 is 25.2 Å². The smallest absolute Gasteiger partial charge is 0.410 e. The van der Waals surface area contributed by atoms with Gasteiger partial charge in [-0.2, -0.15) is 4.98 Å². The number of ether oxygens (including phenoxy) is 1. The van der Waals surface area contributed by atoms with E-state index in [0.29, 0.717) is 13.1 Å². The van der Waals surface area contributed by atoms with Gasteiger partial charge in [0.25, 0.3) is 0 Å². The van der Waals surface area contributed by atoms with E-state index < -0.39 is 5.60 Å². The Kier molecular flexibility index (Phi) is 5.70. The van der Waals surface area contributed by atoms with Crippen LogP contribution in [0.1, 0.15) is 51.3 Å². The maximum absolute atomic E-state index is 12.3. The molecule has 9 nitrogen and oxygen atoms in total. The number of amides is 2. The van der Waals surface area contributed by atoms with Gasteiger partial charge in [-0.15, -0.1) is 0 Å².